The molecule has 0 bridgehead atoms. The second kappa shape index (κ2) is 6.24. The normalized spacial score (nSPS) is 31.4. The molecule has 0 saturated carbocycles. The summed E-state index contributed by atoms with van der Waals surface area (Å²) >= 11 is 0. The first-order valence-corrected chi connectivity index (χ1v) is 8.31. The highest BCUT2D eigenvalue weighted by Crippen LogP contribution is 2.49. The summed E-state index contributed by atoms with van der Waals surface area (Å²) in [7, 11) is 1.41. The van der Waals surface area contributed by atoms with Gasteiger partial charge in [0, 0.05) is 13.1 Å². The second-order valence-electron chi connectivity index (χ2n) is 6.57. The van der Waals surface area contributed by atoms with Gasteiger partial charge in [-0.1, -0.05) is 24.3 Å². The number of aliphatic hydroxyl groups is 1. The number of esters is 1. The molecule has 1 aromatic rings. The van der Waals surface area contributed by atoms with Crippen LogP contribution in [0.5, 0.6) is 0 Å². The van der Waals surface area contributed by atoms with Crippen LogP contribution in [0.3, 0.4) is 0 Å². The largest absolute Gasteiger partial charge is 0.465 e. The average Bonchev–Trinajstić information content (AvgIpc) is 3.06. The minimum atomic E-state index is -1.62. The standard InChI is InChI=1S/C18H22N2O5/c1-4-25-17(24)18(9-21)13-12(15(22)20(3)16(13)23)14(19-18)11-8-6-5-7-10(11)2/h5-8,12-14,19,21H,4,9H2,1-3H3/t12-,13+,14-,18-/m0/s1. The lowest BCUT2D eigenvalue weighted by Crippen LogP contribution is -2.58. The smallest absolute Gasteiger partial charge is 0.329 e. The van der Waals surface area contributed by atoms with Crippen molar-refractivity contribution in [2.75, 3.05) is 20.3 Å². The van der Waals surface area contributed by atoms with Gasteiger partial charge < -0.3 is 9.84 Å². The Kier molecular flexibility index (Phi) is 4.38. The zero-order valence-corrected chi connectivity index (χ0v) is 14.5. The molecule has 25 heavy (non-hydrogen) atoms. The molecule has 7 heteroatoms. The summed E-state index contributed by atoms with van der Waals surface area (Å²) in [5, 5.41) is 13.1. The van der Waals surface area contributed by atoms with Crippen molar-refractivity contribution in [3.05, 3.63) is 35.4 Å². The van der Waals surface area contributed by atoms with Gasteiger partial charge in [0.15, 0.2) is 5.54 Å². The maximum Gasteiger partial charge on any atom is 0.329 e. The predicted molar refractivity (Wildman–Crippen MR) is 88.3 cm³/mol. The molecule has 1 aromatic carbocycles. The third-order valence-corrected chi connectivity index (χ3v) is 5.29. The monoisotopic (exact) mass is 346 g/mol. The Hall–Kier alpha value is -2.25. The molecule has 7 nitrogen and oxygen atoms in total. The van der Waals surface area contributed by atoms with E-state index >= 15 is 0 Å². The summed E-state index contributed by atoms with van der Waals surface area (Å²) in [5.41, 5.74) is 0.144. The summed E-state index contributed by atoms with van der Waals surface area (Å²) in [6.07, 6.45) is 0. The van der Waals surface area contributed by atoms with E-state index in [0.717, 1.165) is 16.0 Å². The number of imide groups is 1. The summed E-state index contributed by atoms with van der Waals surface area (Å²) in [6, 6.07) is 6.93. The maximum absolute atomic E-state index is 12.7. The fourth-order valence-corrected chi connectivity index (χ4v) is 4.01. The number of ether oxygens (including phenoxy) is 1. The summed E-state index contributed by atoms with van der Waals surface area (Å²) in [4.78, 5) is 39.1. The van der Waals surface area contributed by atoms with Gasteiger partial charge in [0.1, 0.15) is 0 Å². The van der Waals surface area contributed by atoms with Gasteiger partial charge in [0.2, 0.25) is 11.8 Å². The Morgan fingerprint density at radius 3 is 2.60 bits per heavy atom. The number of amides is 2. The zero-order valence-electron chi connectivity index (χ0n) is 14.5. The average molecular weight is 346 g/mol. The quantitative estimate of drug-likeness (QED) is 0.596. The van der Waals surface area contributed by atoms with Crippen LogP contribution in [0.25, 0.3) is 0 Å². The van der Waals surface area contributed by atoms with Gasteiger partial charge in [-0.2, -0.15) is 0 Å². The molecule has 2 aliphatic heterocycles. The van der Waals surface area contributed by atoms with Crippen LogP contribution in [-0.2, 0) is 19.1 Å². The lowest BCUT2D eigenvalue weighted by Gasteiger charge is -2.30. The molecule has 3 rings (SSSR count). The fraction of sp³-hybridized carbons (Fsp3) is 0.500. The Morgan fingerprint density at radius 1 is 1.32 bits per heavy atom. The van der Waals surface area contributed by atoms with Gasteiger partial charge in [-0.3, -0.25) is 19.8 Å². The minimum absolute atomic E-state index is 0.118. The molecular formula is C18H22N2O5. The highest BCUT2D eigenvalue weighted by atomic mass is 16.5. The van der Waals surface area contributed by atoms with Crippen molar-refractivity contribution in [3.63, 3.8) is 0 Å². The molecule has 0 unspecified atom stereocenters. The molecule has 2 aliphatic rings. The summed E-state index contributed by atoms with van der Waals surface area (Å²) in [6.45, 7) is 3.05. The Balaban J connectivity index is 2.14. The number of aryl methyl sites for hydroxylation is 1. The number of hydrogen-bond acceptors (Lipinski definition) is 6. The van der Waals surface area contributed by atoms with Gasteiger partial charge in [-0.05, 0) is 25.0 Å². The molecule has 2 fully saturated rings. The first-order valence-electron chi connectivity index (χ1n) is 8.31. The van der Waals surface area contributed by atoms with E-state index in [1.54, 1.807) is 6.92 Å². The third kappa shape index (κ3) is 2.38. The van der Waals surface area contributed by atoms with Crippen molar-refractivity contribution in [2.45, 2.75) is 25.4 Å². The number of nitrogens with one attached hydrogen (secondary N) is 1. The van der Waals surface area contributed by atoms with Gasteiger partial charge in [0.05, 0.1) is 25.0 Å². The third-order valence-electron chi connectivity index (χ3n) is 5.29. The summed E-state index contributed by atoms with van der Waals surface area (Å²) in [5.74, 6) is -3.27. The van der Waals surface area contributed by atoms with Gasteiger partial charge >= 0.3 is 5.97 Å². The Morgan fingerprint density at radius 2 is 2.00 bits per heavy atom. The second-order valence-corrected chi connectivity index (χ2v) is 6.57. The van der Waals surface area contributed by atoms with Crippen molar-refractivity contribution < 1.29 is 24.2 Å². The highest BCUT2D eigenvalue weighted by Gasteiger charge is 2.68. The van der Waals surface area contributed by atoms with E-state index in [9.17, 15) is 19.5 Å². The zero-order chi connectivity index (χ0) is 18.4. The van der Waals surface area contributed by atoms with Gasteiger partial charge in [-0.15, -0.1) is 0 Å². The molecular weight excluding hydrogens is 324 g/mol. The molecule has 0 spiro atoms. The van der Waals surface area contributed by atoms with Crippen LogP contribution in [0, 0.1) is 18.8 Å². The van der Waals surface area contributed by atoms with E-state index in [1.165, 1.54) is 7.05 Å². The number of carbonyl (C=O) groups excluding carboxylic acids is 3. The van der Waals surface area contributed by atoms with E-state index in [0.29, 0.717) is 0 Å². The van der Waals surface area contributed by atoms with Crippen LogP contribution >= 0.6 is 0 Å². The van der Waals surface area contributed by atoms with Crippen molar-refractivity contribution >= 4 is 17.8 Å². The predicted octanol–water partition coefficient (Wildman–Crippen LogP) is 0.165. The van der Waals surface area contributed by atoms with Crippen LogP contribution in [0.15, 0.2) is 24.3 Å². The van der Waals surface area contributed by atoms with Crippen LogP contribution in [0.4, 0.5) is 0 Å². The first kappa shape index (κ1) is 17.6. The van der Waals surface area contributed by atoms with Crippen LogP contribution in [0.1, 0.15) is 24.1 Å². The molecule has 2 amide bonds. The first-order chi connectivity index (χ1) is 11.9. The molecule has 134 valence electrons. The summed E-state index contributed by atoms with van der Waals surface area (Å²) < 4.78 is 5.12. The number of likely N-dealkylation sites (tertiary alicyclic amines) is 1. The van der Waals surface area contributed by atoms with E-state index in [4.69, 9.17) is 4.74 Å². The van der Waals surface area contributed by atoms with E-state index in [-0.39, 0.29) is 12.5 Å². The van der Waals surface area contributed by atoms with Gasteiger partial charge in [-0.25, -0.2) is 4.79 Å². The Bertz CT molecular complexity index is 734. The van der Waals surface area contributed by atoms with Crippen LogP contribution in [0.2, 0.25) is 0 Å². The molecule has 4 atom stereocenters. The van der Waals surface area contributed by atoms with Crippen LogP contribution < -0.4 is 5.32 Å². The van der Waals surface area contributed by atoms with Crippen molar-refractivity contribution in [3.8, 4) is 0 Å². The number of benzene rings is 1. The number of aliphatic hydroxyl groups excluding tert-OH is 1. The topological polar surface area (TPSA) is 95.9 Å². The fourth-order valence-electron chi connectivity index (χ4n) is 4.01. The van der Waals surface area contributed by atoms with Crippen molar-refractivity contribution in [1.29, 1.82) is 0 Å². The molecule has 0 radical (unpaired) electrons. The molecule has 0 aromatic heterocycles. The minimum Gasteiger partial charge on any atom is -0.465 e. The van der Waals surface area contributed by atoms with Crippen LogP contribution in [-0.4, -0.2) is 53.6 Å². The number of hydrogen-bond donors (Lipinski definition) is 2. The number of carbonyl (C=O) groups is 3. The van der Waals surface area contributed by atoms with Crippen molar-refractivity contribution in [1.82, 2.24) is 10.2 Å². The highest BCUT2D eigenvalue weighted by molar-refractivity contribution is 6.09. The SMILES string of the molecule is CCOC(=O)[C@@]1(CO)N[C@@H](c2ccccc2C)[C@H]2C(=O)N(C)C(=O)[C@@H]21. The maximum atomic E-state index is 12.7. The van der Waals surface area contributed by atoms with E-state index in [2.05, 4.69) is 5.32 Å². The molecule has 2 N–H and O–H groups in total. The van der Waals surface area contributed by atoms with E-state index in [1.807, 2.05) is 31.2 Å². The van der Waals surface area contributed by atoms with Crippen molar-refractivity contribution in [2.24, 2.45) is 11.8 Å². The van der Waals surface area contributed by atoms with Gasteiger partial charge in [0.25, 0.3) is 0 Å². The molecule has 0 aliphatic carbocycles. The molecule has 2 heterocycles. The number of rotatable bonds is 4. The lowest BCUT2D eigenvalue weighted by atomic mass is 9.79. The lowest BCUT2D eigenvalue weighted by molar-refractivity contribution is -0.158. The van der Waals surface area contributed by atoms with E-state index < -0.39 is 41.9 Å². The molecule has 2 saturated heterocycles. The Labute approximate surface area is 146 Å². The number of fused-ring (bicyclic) bond motifs is 1. The number of nitrogens with zero attached hydrogens (tertiary/aromatic N) is 1.